The molecule has 0 saturated heterocycles. The van der Waals surface area contributed by atoms with Gasteiger partial charge in [-0.25, -0.2) is 0 Å². The topological polar surface area (TPSA) is 47.3 Å². The first-order valence-electron chi connectivity index (χ1n) is 6.99. The zero-order valence-electron chi connectivity index (χ0n) is 11.1. The highest BCUT2D eigenvalue weighted by Gasteiger charge is 2.32. The average Bonchev–Trinajstić information content (AvgIpc) is 2.94. The summed E-state index contributed by atoms with van der Waals surface area (Å²) in [5, 5.41) is 0. The van der Waals surface area contributed by atoms with E-state index in [1.807, 2.05) is 13.0 Å². The lowest BCUT2D eigenvalue weighted by Crippen LogP contribution is -2.45. The molecule has 1 aromatic carbocycles. The van der Waals surface area contributed by atoms with Crippen LogP contribution in [0.5, 0.6) is 0 Å². The van der Waals surface area contributed by atoms with Gasteiger partial charge in [0.15, 0.2) is 0 Å². The van der Waals surface area contributed by atoms with Crippen LogP contribution in [0.15, 0.2) is 30.3 Å². The summed E-state index contributed by atoms with van der Waals surface area (Å²) in [5.74, 6) is 6.42. The maximum absolute atomic E-state index is 5.95. The summed E-state index contributed by atoms with van der Waals surface area (Å²) in [5.41, 5.74) is 4.22. The van der Waals surface area contributed by atoms with Crippen molar-refractivity contribution in [2.24, 2.45) is 11.8 Å². The summed E-state index contributed by atoms with van der Waals surface area (Å²) < 4.78 is 5.95. The first-order chi connectivity index (χ1) is 8.86. The molecule has 2 rings (SSSR count). The van der Waals surface area contributed by atoms with Crippen LogP contribution in [0.4, 0.5) is 0 Å². The Balaban J connectivity index is 2.16. The minimum Gasteiger partial charge on any atom is -0.372 e. The van der Waals surface area contributed by atoms with Crippen LogP contribution in [-0.4, -0.2) is 12.6 Å². The Bertz CT molecular complexity index is 336. The lowest BCUT2D eigenvalue weighted by atomic mass is 9.90. The predicted molar refractivity (Wildman–Crippen MR) is 73.9 cm³/mol. The SMILES string of the molecule is CCOC(c1ccccc1)C(NN)C1CCCC1. The van der Waals surface area contributed by atoms with Crippen molar-refractivity contribution in [3.8, 4) is 0 Å². The summed E-state index contributed by atoms with van der Waals surface area (Å²) in [6.45, 7) is 2.75. The molecule has 0 aromatic heterocycles. The molecule has 2 unspecified atom stereocenters. The molecule has 0 amide bonds. The second kappa shape index (κ2) is 6.88. The summed E-state index contributed by atoms with van der Waals surface area (Å²) in [6, 6.07) is 10.6. The molecule has 0 heterocycles. The molecular formula is C15H24N2O. The Morgan fingerprint density at radius 3 is 2.50 bits per heavy atom. The first kappa shape index (κ1) is 13.5. The van der Waals surface area contributed by atoms with Gasteiger partial charge in [-0.15, -0.1) is 0 Å². The van der Waals surface area contributed by atoms with Crippen LogP contribution < -0.4 is 11.3 Å². The van der Waals surface area contributed by atoms with Gasteiger partial charge >= 0.3 is 0 Å². The van der Waals surface area contributed by atoms with E-state index in [1.54, 1.807) is 0 Å². The zero-order valence-corrected chi connectivity index (χ0v) is 11.1. The molecule has 1 aliphatic carbocycles. The van der Waals surface area contributed by atoms with Gasteiger partial charge in [-0.2, -0.15) is 0 Å². The molecule has 0 radical (unpaired) electrons. The normalized spacial score (nSPS) is 19.9. The van der Waals surface area contributed by atoms with Crippen molar-refractivity contribution in [2.45, 2.75) is 44.8 Å². The third-order valence-electron chi connectivity index (χ3n) is 3.90. The molecule has 3 nitrogen and oxygen atoms in total. The zero-order chi connectivity index (χ0) is 12.8. The molecule has 3 N–H and O–H groups in total. The molecule has 0 bridgehead atoms. The molecule has 1 fully saturated rings. The number of hydrogen-bond donors (Lipinski definition) is 2. The lowest BCUT2D eigenvalue weighted by Gasteiger charge is -2.31. The first-order valence-corrected chi connectivity index (χ1v) is 6.99. The molecular weight excluding hydrogens is 224 g/mol. The fourth-order valence-corrected chi connectivity index (χ4v) is 3.02. The number of hydrogen-bond acceptors (Lipinski definition) is 3. The van der Waals surface area contributed by atoms with Gasteiger partial charge < -0.3 is 4.74 Å². The van der Waals surface area contributed by atoms with Gasteiger partial charge in [0, 0.05) is 6.61 Å². The molecule has 1 saturated carbocycles. The van der Waals surface area contributed by atoms with Crippen LogP contribution in [0.1, 0.15) is 44.3 Å². The number of benzene rings is 1. The van der Waals surface area contributed by atoms with Gasteiger partial charge in [-0.1, -0.05) is 43.2 Å². The van der Waals surface area contributed by atoms with Gasteiger partial charge in [0.2, 0.25) is 0 Å². The Hall–Kier alpha value is -0.900. The summed E-state index contributed by atoms with van der Waals surface area (Å²) in [6.07, 6.45) is 5.20. The van der Waals surface area contributed by atoms with E-state index in [0.717, 1.165) is 0 Å². The van der Waals surface area contributed by atoms with Crippen molar-refractivity contribution >= 4 is 0 Å². The molecule has 3 heteroatoms. The van der Waals surface area contributed by atoms with Gasteiger partial charge in [-0.3, -0.25) is 11.3 Å². The third kappa shape index (κ3) is 3.10. The molecule has 0 spiro atoms. The molecule has 0 aliphatic heterocycles. The molecule has 100 valence electrons. The van der Waals surface area contributed by atoms with Gasteiger partial charge in [-0.05, 0) is 31.2 Å². The van der Waals surface area contributed by atoms with Crippen molar-refractivity contribution in [2.75, 3.05) is 6.61 Å². The Labute approximate surface area is 110 Å². The van der Waals surface area contributed by atoms with Gasteiger partial charge in [0.25, 0.3) is 0 Å². The molecule has 2 atom stereocenters. The van der Waals surface area contributed by atoms with E-state index in [-0.39, 0.29) is 12.1 Å². The summed E-state index contributed by atoms with van der Waals surface area (Å²) >= 11 is 0. The second-order valence-corrected chi connectivity index (χ2v) is 5.02. The van der Waals surface area contributed by atoms with Crippen LogP contribution in [-0.2, 0) is 4.74 Å². The van der Waals surface area contributed by atoms with E-state index in [4.69, 9.17) is 10.6 Å². The standard InChI is InChI=1S/C15H24N2O/c1-2-18-15(13-10-4-3-5-11-13)14(17-16)12-8-6-7-9-12/h3-5,10-12,14-15,17H,2,6-9,16H2,1H3. The fraction of sp³-hybridized carbons (Fsp3) is 0.600. The van der Waals surface area contributed by atoms with Crippen molar-refractivity contribution < 1.29 is 4.74 Å². The lowest BCUT2D eigenvalue weighted by molar-refractivity contribution is 0.0165. The molecule has 1 aromatic rings. The maximum Gasteiger partial charge on any atom is 0.0993 e. The van der Waals surface area contributed by atoms with Crippen LogP contribution >= 0.6 is 0 Å². The monoisotopic (exact) mass is 248 g/mol. The van der Waals surface area contributed by atoms with Crippen molar-refractivity contribution in [3.05, 3.63) is 35.9 Å². The third-order valence-corrected chi connectivity index (χ3v) is 3.90. The minimum atomic E-state index is 0.0595. The van der Waals surface area contributed by atoms with E-state index < -0.39 is 0 Å². The van der Waals surface area contributed by atoms with Crippen molar-refractivity contribution in [1.82, 2.24) is 5.43 Å². The largest absolute Gasteiger partial charge is 0.372 e. The number of nitrogens with one attached hydrogen (secondary N) is 1. The number of hydrazine groups is 1. The minimum absolute atomic E-state index is 0.0595. The molecule has 1 aliphatic rings. The summed E-state index contributed by atoms with van der Waals surface area (Å²) in [7, 11) is 0. The quantitative estimate of drug-likeness (QED) is 0.601. The van der Waals surface area contributed by atoms with Crippen molar-refractivity contribution in [3.63, 3.8) is 0 Å². The number of ether oxygens (including phenoxy) is 1. The van der Waals surface area contributed by atoms with E-state index in [0.29, 0.717) is 12.5 Å². The van der Waals surface area contributed by atoms with Crippen LogP contribution in [0.2, 0.25) is 0 Å². The Kier molecular flexibility index (Phi) is 5.17. The highest BCUT2D eigenvalue weighted by molar-refractivity contribution is 5.19. The maximum atomic E-state index is 5.95. The Morgan fingerprint density at radius 1 is 1.28 bits per heavy atom. The summed E-state index contributed by atoms with van der Waals surface area (Å²) in [4.78, 5) is 0. The average molecular weight is 248 g/mol. The predicted octanol–water partition coefficient (Wildman–Crippen LogP) is 2.79. The van der Waals surface area contributed by atoms with E-state index in [9.17, 15) is 0 Å². The van der Waals surface area contributed by atoms with E-state index >= 15 is 0 Å². The van der Waals surface area contributed by atoms with Crippen molar-refractivity contribution in [1.29, 1.82) is 0 Å². The smallest absolute Gasteiger partial charge is 0.0993 e. The number of nitrogens with two attached hydrogens (primary N) is 1. The fourth-order valence-electron chi connectivity index (χ4n) is 3.02. The second-order valence-electron chi connectivity index (χ2n) is 5.02. The Morgan fingerprint density at radius 2 is 1.94 bits per heavy atom. The molecule has 18 heavy (non-hydrogen) atoms. The van der Waals surface area contributed by atoms with E-state index in [1.165, 1.54) is 31.2 Å². The number of rotatable bonds is 6. The highest BCUT2D eigenvalue weighted by atomic mass is 16.5. The van der Waals surface area contributed by atoms with Gasteiger partial charge in [0.1, 0.15) is 0 Å². The van der Waals surface area contributed by atoms with Crippen LogP contribution in [0, 0.1) is 5.92 Å². The van der Waals surface area contributed by atoms with Crippen LogP contribution in [0.25, 0.3) is 0 Å². The van der Waals surface area contributed by atoms with Gasteiger partial charge in [0.05, 0.1) is 12.1 Å². The highest BCUT2D eigenvalue weighted by Crippen LogP contribution is 2.34. The van der Waals surface area contributed by atoms with E-state index in [2.05, 4.69) is 29.7 Å². The van der Waals surface area contributed by atoms with Crippen LogP contribution in [0.3, 0.4) is 0 Å².